The van der Waals surface area contributed by atoms with E-state index in [2.05, 4.69) is 47.8 Å². The van der Waals surface area contributed by atoms with Gasteiger partial charge in [-0.25, -0.2) is 4.99 Å². The zero-order valence-corrected chi connectivity index (χ0v) is 17.6. The van der Waals surface area contributed by atoms with Crippen LogP contribution in [0.1, 0.15) is 22.7 Å². The molecule has 0 radical (unpaired) electrons. The number of methoxy groups -OCH3 is 1. The minimum atomic E-state index is 0.0273. The van der Waals surface area contributed by atoms with Gasteiger partial charge >= 0.3 is 0 Å². The van der Waals surface area contributed by atoms with Crippen LogP contribution in [0.25, 0.3) is 0 Å². The minimum absolute atomic E-state index is 0.0273. The van der Waals surface area contributed by atoms with Gasteiger partial charge in [0.1, 0.15) is 0 Å². The number of hydrogen-bond donors (Lipinski definition) is 1. The fourth-order valence-electron chi connectivity index (χ4n) is 3.56. The number of aliphatic imine (C=N–C) groups is 1. The molecule has 0 aliphatic carbocycles. The van der Waals surface area contributed by atoms with Gasteiger partial charge in [-0.1, -0.05) is 103 Å². The Hall–Kier alpha value is -3.69. The predicted molar refractivity (Wildman–Crippen MR) is 129 cm³/mol. The Morgan fingerprint density at radius 1 is 0.710 bits per heavy atom. The first kappa shape index (κ1) is 20.6. The van der Waals surface area contributed by atoms with E-state index < -0.39 is 0 Å². The van der Waals surface area contributed by atoms with Crippen LogP contribution in [0.3, 0.4) is 0 Å². The molecule has 0 fully saturated rings. The van der Waals surface area contributed by atoms with E-state index in [0.717, 1.165) is 28.2 Å². The quantitative estimate of drug-likeness (QED) is 0.332. The highest BCUT2D eigenvalue weighted by atomic mass is 16.5. The Labute approximate surface area is 184 Å². The molecule has 4 aromatic carbocycles. The van der Waals surface area contributed by atoms with Crippen LogP contribution in [-0.2, 0) is 4.74 Å². The lowest BCUT2D eigenvalue weighted by Gasteiger charge is -2.21. The second-order valence-corrected chi connectivity index (χ2v) is 7.27. The second kappa shape index (κ2) is 10.4. The highest BCUT2D eigenvalue weighted by molar-refractivity contribution is 6.14. The molecule has 0 amide bonds. The molecule has 0 aromatic heterocycles. The summed E-state index contributed by atoms with van der Waals surface area (Å²) in [6.07, 6.45) is 0. The Balaban J connectivity index is 1.75. The molecule has 0 saturated carbocycles. The third kappa shape index (κ3) is 5.27. The molecule has 4 aromatic rings. The molecule has 31 heavy (non-hydrogen) atoms. The molecule has 1 N–H and O–H groups in total. The number of nitrogens with zero attached hydrogens (tertiary/aromatic N) is 1. The fourth-order valence-corrected chi connectivity index (χ4v) is 3.56. The van der Waals surface area contributed by atoms with Gasteiger partial charge in [-0.2, -0.15) is 0 Å². The van der Waals surface area contributed by atoms with Crippen LogP contribution >= 0.6 is 0 Å². The van der Waals surface area contributed by atoms with Crippen molar-refractivity contribution in [2.45, 2.75) is 6.04 Å². The standard InChI is InChI=1S/C28H26N2O/c1-31-21-27(22-13-5-2-6-14-22)29-25-19-11-12-20-26(25)30-28(23-15-7-3-8-16-23)24-17-9-4-10-18-24/h2-20,27,29H,21H2,1H3/t27-/m0/s1. The highest BCUT2D eigenvalue weighted by Crippen LogP contribution is 2.30. The van der Waals surface area contributed by atoms with Gasteiger partial charge in [-0.05, 0) is 17.7 Å². The summed E-state index contributed by atoms with van der Waals surface area (Å²) in [7, 11) is 1.73. The number of nitrogens with one attached hydrogen (secondary N) is 1. The smallest absolute Gasteiger partial charge is 0.0868 e. The number of hydrogen-bond acceptors (Lipinski definition) is 3. The van der Waals surface area contributed by atoms with Crippen molar-refractivity contribution < 1.29 is 4.74 Å². The van der Waals surface area contributed by atoms with Gasteiger partial charge in [-0.3, -0.25) is 0 Å². The molecule has 0 unspecified atom stereocenters. The van der Waals surface area contributed by atoms with Gasteiger partial charge in [0.25, 0.3) is 0 Å². The van der Waals surface area contributed by atoms with E-state index in [0.29, 0.717) is 6.61 Å². The van der Waals surface area contributed by atoms with Crippen LogP contribution in [0.5, 0.6) is 0 Å². The Bertz CT molecular complexity index is 1070. The average Bonchev–Trinajstić information content (AvgIpc) is 2.85. The van der Waals surface area contributed by atoms with Crippen molar-refractivity contribution in [1.82, 2.24) is 0 Å². The van der Waals surface area contributed by atoms with Crippen molar-refractivity contribution in [1.29, 1.82) is 0 Å². The van der Waals surface area contributed by atoms with Crippen molar-refractivity contribution in [2.75, 3.05) is 19.0 Å². The maximum absolute atomic E-state index is 5.49. The lowest BCUT2D eigenvalue weighted by molar-refractivity contribution is 0.186. The predicted octanol–water partition coefficient (Wildman–Crippen LogP) is 6.66. The molecular weight excluding hydrogens is 380 g/mol. The first-order valence-corrected chi connectivity index (χ1v) is 10.4. The zero-order valence-electron chi connectivity index (χ0n) is 17.6. The van der Waals surface area contributed by atoms with E-state index in [1.54, 1.807) is 7.11 Å². The molecular formula is C28H26N2O. The van der Waals surface area contributed by atoms with Crippen molar-refractivity contribution in [2.24, 2.45) is 4.99 Å². The van der Waals surface area contributed by atoms with E-state index >= 15 is 0 Å². The Morgan fingerprint density at radius 2 is 1.23 bits per heavy atom. The first-order valence-electron chi connectivity index (χ1n) is 10.4. The van der Waals surface area contributed by atoms with Gasteiger partial charge in [0.15, 0.2) is 0 Å². The molecule has 3 nitrogen and oxygen atoms in total. The van der Waals surface area contributed by atoms with E-state index in [9.17, 15) is 0 Å². The largest absolute Gasteiger partial charge is 0.382 e. The van der Waals surface area contributed by atoms with Crippen molar-refractivity contribution >= 4 is 17.1 Å². The molecule has 3 heteroatoms. The van der Waals surface area contributed by atoms with Crippen LogP contribution in [0, 0.1) is 0 Å². The number of rotatable bonds is 8. The lowest BCUT2D eigenvalue weighted by Crippen LogP contribution is -2.16. The Kier molecular flexibility index (Phi) is 6.89. The van der Waals surface area contributed by atoms with Gasteiger partial charge in [-0.15, -0.1) is 0 Å². The molecule has 0 spiro atoms. The maximum Gasteiger partial charge on any atom is 0.0868 e. The summed E-state index contributed by atoms with van der Waals surface area (Å²) < 4.78 is 5.49. The van der Waals surface area contributed by atoms with Gasteiger partial charge in [0.2, 0.25) is 0 Å². The SMILES string of the molecule is COC[C@H](Nc1ccccc1N=C(c1ccccc1)c1ccccc1)c1ccccc1. The molecule has 154 valence electrons. The Morgan fingerprint density at radius 3 is 1.81 bits per heavy atom. The van der Waals surface area contributed by atoms with Crippen LogP contribution in [0.4, 0.5) is 11.4 Å². The van der Waals surface area contributed by atoms with Gasteiger partial charge in [0.05, 0.1) is 29.7 Å². The normalized spacial score (nSPS) is 11.5. The molecule has 0 aliphatic heterocycles. The molecule has 4 rings (SSSR count). The lowest BCUT2D eigenvalue weighted by atomic mass is 10.0. The van der Waals surface area contributed by atoms with E-state index in [1.165, 1.54) is 5.56 Å². The fraction of sp³-hybridized carbons (Fsp3) is 0.107. The summed E-state index contributed by atoms with van der Waals surface area (Å²) in [6, 6.07) is 39.1. The second-order valence-electron chi connectivity index (χ2n) is 7.27. The van der Waals surface area contributed by atoms with E-state index in [1.807, 2.05) is 72.8 Å². The van der Waals surface area contributed by atoms with E-state index in [-0.39, 0.29) is 6.04 Å². The summed E-state index contributed by atoms with van der Waals surface area (Å²) in [5.74, 6) is 0. The first-order chi connectivity index (χ1) is 15.3. The molecule has 0 aliphatic rings. The summed E-state index contributed by atoms with van der Waals surface area (Å²) >= 11 is 0. The highest BCUT2D eigenvalue weighted by Gasteiger charge is 2.14. The average molecular weight is 407 g/mol. The molecule has 0 heterocycles. The number of benzene rings is 4. The summed E-state index contributed by atoms with van der Waals surface area (Å²) in [5, 5.41) is 3.64. The monoisotopic (exact) mass is 406 g/mol. The summed E-state index contributed by atoms with van der Waals surface area (Å²) in [6.45, 7) is 0.562. The van der Waals surface area contributed by atoms with E-state index in [4.69, 9.17) is 9.73 Å². The molecule has 0 bridgehead atoms. The number of ether oxygens (including phenoxy) is 1. The van der Waals surface area contributed by atoms with Crippen molar-refractivity contribution in [3.63, 3.8) is 0 Å². The third-order valence-electron chi connectivity index (χ3n) is 5.10. The summed E-state index contributed by atoms with van der Waals surface area (Å²) in [4.78, 5) is 5.12. The van der Waals surface area contributed by atoms with Crippen LogP contribution in [0.2, 0.25) is 0 Å². The summed E-state index contributed by atoms with van der Waals surface area (Å²) in [5.41, 5.74) is 6.15. The van der Waals surface area contributed by atoms with Crippen LogP contribution in [0.15, 0.2) is 120 Å². The van der Waals surface area contributed by atoms with Crippen LogP contribution in [-0.4, -0.2) is 19.4 Å². The maximum atomic E-state index is 5.49. The molecule has 1 atom stereocenters. The number of anilines is 1. The molecule has 0 saturated heterocycles. The minimum Gasteiger partial charge on any atom is -0.382 e. The topological polar surface area (TPSA) is 33.6 Å². The van der Waals surface area contributed by atoms with Gasteiger partial charge < -0.3 is 10.1 Å². The zero-order chi connectivity index (χ0) is 21.3. The number of para-hydroxylation sites is 2. The van der Waals surface area contributed by atoms with Crippen LogP contribution < -0.4 is 5.32 Å². The third-order valence-corrected chi connectivity index (χ3v) is 5.10. The van der Waals surface area contributed by atoms with Crippen molar-refractivity contribution in [3.8, 4) is 0 Å². The van der Waals surface area contributed by atoms with Crippen molar-refractivity contribution in [3.05, 3.63) is 132 Å². The van der Waals surface area contributed by atoms with Gasteiger partial charge in [0, 0.05) is 18.2 Å².